The number of aryl methyl sites for hydroxylation is 2. The molecule has 5 rings (SSSR count). The number of ether oxygens (including phenoxy) is 1. The molecular formula is C31H30N2O. The molecule has 1 heterocycles. The second-order valence-electron chi connectivity index (χ2n) is 8.74. The van der Waals surface area contributed by atoms with Crippen molar-refractivity contribution in [3.05, 3.63) is 119 Å². The smallest absolute Gasteiger partial charge is 0.128 e. The largest absolute Gasteiger partial charge is 0.457 e. The van der Waals surface area contributed by atoms with E-state index < -0.39 is 0 Å². The van der Waals surface area contributed by atoms with Gasteiger partial charge in [-0.05, 0) is 86.0 Å². The van der Waals surface area contributed by atoms with Crippen molar-refractivity contribution in [2.75, 3.05) is 5.32 Å². The first-order chi connectivity index (χ1) is 16.6. The highest BCUT2D eigenvalue weighted by atomic mass is 16.5. The van der Waals surface area contributed by atoms with Crippen molar-refractivity contribution in [3.63, 3.8) is 0 Å². The first-order valence-electron chi connectivity index (χ1n) is 11.9. The number of hydrogen-bond donors (Lipinski definition) is 1. The number of hydrogen-bond acceptors (Lipinski definition) is 2. The van der Waals surface area contributed by atoms with Gasteiger partial charge in [0.2, 0.25) is 0 Å². The van der Waals surface area contributed by atoms with Crippen molar-refractivity contribution < 1.29 is 4.74 Å². The number of anilines is 1. The summed E-state index contributed by atoms with van der Waals surface area (Å²) in [6.07, 6.45) is 0.961. The number of nitrogens with zero attached hydrogens (tertiary/aromatic N) is 1. The molecule has 0 saturated heterocycles. The first-order valence-corrected chi connectivity index (χ1v) is 11.9. The molecule has 170 valence electrons. The third-order valence-electron chi connectivity index (χ3n) is 6.37. The van der Waals surface area contributed by atoms with Crippen LogP contribution in [0.15, 0.2) is 97.1 Å². The molecule has 1 N–H and O–H groups in total. The van der Waals surface area contributed by atoms with Crippen LogP contribution in [-0.2, 0) is 13.0 Å². The van der Waals surface area contributed by atoms with Gasteiger partial charge in [-0.3, -0.25) is 0 Å². The molecule has 1 aromatic heterocycles. The Morgan fingerprint density at radius 3 is 2.18 bits per heavy atom. The van der Waals surface area contributed by atoms with Gasteiger partial charge in [0.1, 0.15) is 11.5 Å². The first kappa shape index (κ1) is 21.8. The number of nitrogens with one attached hydrogen (secondary N) is 1. The van der Waals surface area contributed by atoms with Gasteiger partial charge < -0.3 is 14.6 Å². The Morgan fingerprint density at radius 2 is 1.47 bits per heavy atom. The lowest BCUT2D eigenvalue weighted by atomic mass is 10.1. The van der Waals surface area contributed by atoms with E-state index in [-0.39, 0.29) is 0 Å². The van der Waals surface area contributed by atoms with Gasteiger partial charge in [0.05, 0.1) is 5.52 Å². The molecule has 0 unspecified atom stereocenters. The van der Waals surface area contributed by atoms with Gasteiger partial charge in [-0.15, -0.1) is 0 Å². The second kappa shape index (κ2) is 9.48. The molecular weight excluding hydrogens is 416 g/mol. The van der Waals surface area contributed by atoms with Crippen LogP contribution in [0, 0.1) is 13.8 Å². The summed E-state index contributed by atoms with van der Waals surface area (Å²) in [5.74, 6) is 1.72. The van der Waals surface area contributed by atoms with E-state index in [4.69, 9.17) is 4.74 Å². The topological polar surface area (TPSA) is 26.2 Å². The summed E-state index contributed by atoms with van der Waals surface area (Å²) in [6.45, 7) is 7.33. The van der Waals surface area contributed by atoms with Crippen molar-refractivity contribution in [2.24, 2.45) is 0 Å². The monoisotopic (exact) mass is 446 g/mol. The molecule has 34 heavy (non-hydrogen) atoms. The van der Waals surface area contributed by atoms with Crippen LogP contribution in [0.5, 0.6) is 11.5 Å². The Morgan fingerprint density at radius 1 is 0.765 bits per heavy atom. The summed E-state index contributed by atoms with van der Waals surface area (Å²) in [7, 11) is 0. The minimum Gasteiger partial charge on any atom is -0.457 e. The minimum absolute atomic E-state index is 0.815. The Labute approximate surface area is 201 Å². The van der Waals surface area contributed by atoms with E-state index in [1.165, 1.54) is 39.0 Å². The van der Waals surface area contributed by atoms with Crippen LogP contribution in [-0.4, -0.2) is 4.57 Å². The molecule has 0 fully saturated rings. The maximum atomic E-state index is 6.15. The fraction of sp³-hybridized carbons (Fsp3) is 0.161. The lowest BCUT2D eigenvalue weighted by Crippen LogP contribution is -2.02. The third kappa shape index (κ3) is 4.42. The minimum atomic E-state index is 0.815. The average molecular weight is 447 g/mol. The van der Waals surface area contributed by atoms with Gasteiger partial charge in [-0.1, -0.05) is 55.0 Å². The van der Waals surface area contributed by atoms with Gasteiger partial charge in [0.15, 0.2) is 0 Å². The Bertz CT molecular complexity index is 1400. The lowest BCUT2D eigenvalue weighted by molar-refractivity contribution is 0.483. The zero-order valence-corrected chi connectivity index (χ0v) is 20.0. The third-order valence-corrected chi connectivity index (χ3v) is 6.37. The molecule has 0 aliphatic heterocycles. The highest BCUT2D eigenvalue weighted by Crippen LogP contribution is 2.34. The van der Waals surface area contributed by atoms with E-state index in [1.807, 2.05) is 18.2 Å². The van der Waals surface area contributed by atoms with Gasteiger partial charge in [-0.25, -0.2) is 0 Å². The fourth-order valence-electron chi connectivity index (χ4n) is 4.53. The maximum Gasteiger partial charge on any atom is 0.128 e. The maximum absolute atomic E-state index is 6.15. The molecule has 4 aromatic carbocycles. The highest BCUT2D eigenvalue weighted by molar-refractivity contribution is 5.88. The van der Waals surface area contributed by atoms with Crippen molar-refractivity contribution >= 4 is 16.6 Å². The van der Waals surface area contributed by atoms with E-state index in [9.17, 15) is 0 Å². The summed E-state index contributed by atoms with van der Waals surface area (Å²) in [6, 6.07) is 33.8. The van der Waals surface area contributed by atoms with Crippen LogP contribution in [0.2, 0.25) is 0 Å². The molecule has 0 bridgehead atoms. The van der Waals surface area contributed by atoms with Crippen LogP contribution < -0.4 is 10.1 Å². The fourth-order valence-corrected chi connectivity index (χ4v) is 4.53. The van der Waals surface area contributed by atoms with Crippen molar-refractivity contribution in [1.82, 2.24) is 4.57 Å². The van der Waals surface area contributed by atoms with Crippen molar-refractivity contribution in [3.8, 4) is 17.2 Å². The summed E-state index contributed by atoms with van der Waals surface area (Å²) in [5.41, 5.74) is 8.63. The predicted octanol–water partition coefficient (Wildman–Crippen LogP) is 8.21. The molecule has 0 aliphatic rings. The van der Waals surface area contributed by atoms with E-state index in [2.05, 4.69) is 110 Å². The van der Waals surface area contributed by atoms with Crippen LogP contribution in [0.25, 0.3) is 16.6 Å². The molecule has 0 radical (unpaired) electrons. The van der Waals surface area contributed by atoms with E-state index >= 15 is 0 Å². The lowest BCUT2D eigenvalue weighted by Gasteiger charge is -2.13. The van der Waals surface area contributed by atoms with Crippen molar-refractivity contribution in [1.29, 1.82) is 0 Å². The number of rotatable bonds is 7. The summed E-state index contributed by atoms with van der Waals surface area (Å²) in [5, 5.41) is 4.75. The van der Waals surface area contributed by atoms with Crippen molar-refractivity contribution in [2.45, 2.75) is 33.7 Å². The Hall–Kier alpha value is -3.98. The van der Waals surface area contributed by atoms with Gasteiger partial charge >= 0.3 is 0 Å². The molecule has 3 heteroatoms. The van der Waals surface area contributed by atoms with E-state index in [0.717, 1.165) is 30.2 Å². The number of fused-ring (bicyclic) bond motifs is 1. The second-order valence-corrected chi connectivity index (χ2v) is 8.74. The zero-order valence-electron chi connectivity index (χ0n) is 20.0. The van der Waals surface area contributed by atoms with Gasteiger partial charge in [0, 0.05) is 29.0 Å². The van der Waals surface area contributed by atoms with Crippen LogP contribution >= 0.6 is 0 Å². The molecule has 0 spiro atoms. The van der Waals surface area contributed by atoms with Crippen LogP contribution in [0.3, 0.4) is 0 Å². The van der Waals surface area contributed by atoms with Crippen LogP contribution in [0.4, 0.5) is 5.69 Å². The van der Waals surface area contributed by atoms with E-state index in [1.54, 1.807) is 0 Å². The molecule has 0 atom stereocenters. The molecule has 0 aliphatic carbocycles. The zero-order chi connectivity index (χ0) is 23.5. The molecule has 5 aromatic rings. The number of aromatic nitrogens is 1. The number of benzene rings is 4. The predicted molar refractivity (Wildman–Crippen MR) is 142 cm³/mol. The highest BCUT2D eigenvalue weighted by Gasteiger charge is 2.15. The summed E-state index contributed by atoms with van der Waals surface area (Å²) >= 11 is 0. The Balaban J connectivity index is 1.43. The molecule has 3 nitrogen and oxygen atoms in total. The normalized spacial score (nSPS) is 11.0. The van der Waals surface area contributed by atoms with Gasteiger partial charge in [0.25, 0.3) is 0 Å². The van der Waals surface area contributed by atoms with E-state index in [0.29, 0.717) is 0 Å². The van der Waals surface area contributed by atoms with Crippen LogP contribution in [0.1, 0.15) is 29.3 Å². The Kier molecular flexibility index (Phi) is 6.09. The molecule has 0 amide bonds. The quantitative estimate of drug-likeness (QED) is 0.273. The SMILES string of the molecule is CCc1c(C)c2cc(Oc3ccc(C)cc3)ccc2n1-c1ccc(NCc2ccccc2)cc1. The standard InChI is InChI=1S/C31H30N2O/c1-4-30-23(3)29-20-28(34-27-16-10-22(2)11-17-27)18-19-31(29)33(30)26-14-12-25(13-15-26)32-21-24-8-6-5-7-9-24/h5-20,32H,4,21H2,1-3H3. The average Bonchev–Trinajstić information content (AvgIpc) is 3.16. The van der Waals surface area contributed by atoms with Gasteiger partial charge in [-0.2, -0.15) is 0 Å². The summed E-state index contributed by atoms with van der Waals surface area (Å²) < 4.78 is 8.52. The molecule has 0 saturated carbocycles. The summed E-state index contributed by atoms with van der Waals surface area (Å²) in [4.78, 5) is 0.